The first kappa shape index (κ1) is 13.1. The molecule has 0 radical (unpaired) electrons. The summed E-state index contributed by atoms with van der Waals surface area (Å²) in [5.41, 5.74) is 0.439. The van der Waals surface area contributed by atoms with Crippen LogP contribution in [0.25, 0.3) is 0 Å². The quantitative estimate of drug-likeness (QED) is 0.515. The van der Waals surface area contributed by atoms with Gasteiger partial charge in [0.25, 0.3) is 0 Å². The number of nitrogens with zero attached hydrogens (tertiary/aromatic N) is 2. The first-order chi connectivity index (χ1) is 7.97. The van der Waals surface area contributed by atoms with E-state index in [0.717, 1.165) is 0 Å². The normalized spacial score (nSPS) is 9.88. The van der Waals surface area contributed by atoms with Crippen LogP contribution in [0, 0.1) is 22.7 Å². The molecule has 0 saturated carbocycles. The molecule has 0 aliphatic rings. The third-order valence-corrected chi connectivity index (χ3v) is 3.86. The van der Waals surface area contributed by atoms with E-state index >= 15 is 0 Å². The Morgan fingerprint density at radius 2 is 1.76 bits per heavy atom. The maximum absolute atomic E-state index is 10.9. The SMILES string of the molecule is N#CC(C#N)=CNc1ccc([As](=O)(O)O)cc1. The molecule has 0 heterocycles. The van der Waals surface area contributed by atoms with Crippen LogP contribution in [0.3, 0.4) is 0 Å². The standard InChI is InChI=1S/C10H8AsN3O3/c12-5-8(6-13)7-14-10-3-1-9(2-4-10)11(15,16)17/h1-4,7,14H,(H2,15,16,17). The summed E-state index contributed by atoms with van der Waals surface area (Å²) >= 11 is -4.84. The Kier molecular flexibility index (Phi) is 4.14. The third-order valence-electron chi connectivity index (χ3n) is 1.83. The summed E-state index contributed by atoms with van der Waals surface area (Å²) in [5, 5.41) is 19.6. The summed E-state index contributed by atoms with van der Waals surface area (Å²) in [5.74, 6) is 0. The van der Waals surface area contributed by atoms with Crippen molar-refractivity contribution in [3.8, 4) is 12.1 Å². The molecule has 0 unspecified atom stereocenters. The number of hydrogen-bond donors (Lipinski definition) is 3. The van der Waals surface area contributed by atoms with E-state index in [1.807, 2.05) is 0 Å². The monoisotopic (exact) mass is 293 g/mol. The molecule has 0 spiro atoms. The summed E-state index contributed by atoms with van der Waals surface area (Å²) in [7, 11) is 0. The number of benzene rings is 1. The van der Waals surface area contributed by atoms with Crippen molar-refractivity contribution in [1.82, 2.24) is 0 Å². The van der Waals surface area contributed by atoms with Gasteiger partial charge in [0.05, 0.1) is 0 Å². The summed E-state index contributed by atoms with van der Waals surface area (Å²) < 4.78 is 28.8. The molecule has 6 nitrogen and oxygen atoms in total. The number of hydrogen-bond acceptors (Lipinski definition) is 4. The molecule has 0 aliphatic carbocycles. The fraction of sp³-hybridized carbons (Fsp3) is 0. The second kappa shape index (κ2) is 5.38. The number of allylic oxidation sites excluding steroid dienone is 1. The fourth-order valence-corrected chi connectivity index (χ4v) is 2.12. The van der Waals surface area contributed by atoms with Crippen molar-refractivity contribution in [1.29, 1.82) is 10.5 Å². The van der Waals surface area contributed by atoms with Gasteiger partial charge in [-0.1, -0.05) is 0 Å². The Bertz CT molecular complexity index is 544. The fourth-order valence-electron chi connectivity index (χ4n) is 0.997. The molecule has 1 aromatic rings. The molecular weight excluding hydrogens is 285 g/mol. The van der Waals surface area contributed by atoms with Crippen LogP contribution in [-0.4, -0.2) is 22.4 Å². The van der Waals surface area contributed by atoms with Gasteiger partial charge in [-0.25, -0.2) is 0 Å². The predicted octanol–water partition coefficient (Wildman–Crippen LogP) is -0.409. The minimum absolute atomic E-state index is 0.0292. The van der Waals surface area contributed by atoms with Gasteiger partial charge >= 0.3 is 100 Å². The van der Waals surface area contributed by atoms with E-state index in [1.165, 1.54) is 30.5 Å². The molecule has 17 heavy (non-hydrogen) atoms. The molecule has 0 amide bonds. The van der Waals surface area contributed by atoms with E-state index in [9.17, 15) is 3.74 Å². The Labute approximate surface area is 100 Å². The van der Waals surface area contributed by atoms with Crippen molar-refractivity contribution >= 4 is 24.2 Å². The van der Waals surface area contributed by atoms with Crippen LogP contribution in [0.15, 0.2) is 36.0 Å². The summed E-state index contributed by atoms with van der Waals surface area (Å²) in [6.07, 6.45) is 1.22. The molecule has 1 aromatic carbocycles. The molecule has 0 aliphatic heterocycles. The molecule has 0 atom stereocenters. The van der Waals surface area contributed by atoms with E-state index in [4.69, 9.17) is 18.7 Å². The van der Waals surface area contributed by atoms with Gasteiger partial charge < -0.3 is 0 Å². The molecule has 0 bridgehead atoms. The first-order valence-corrected chi connectivity index (χ1v) is 7.78. The second-order valence-corrected chi connectivity index (χ2v) is 6.38. The van der Waals surface area contributed by atoms with Gasteiger partial charge in [-0.05, 0) is 0 Å². The van der Waals surface area contributed by atoms with E-state index in [0.29, 0.717) is 5.69 Å². The van der Waals surface area contributed by atoms with Gasteiger partial charge in [-0.2, -0.15) is 0 Å². The van der Waals surface area contributed by atoms with Crippen LogP contribution in [0.2, 0.25) is 0 Å². The zero-order chi connectivity index (χ0) is 12.9. The molecule has 7 heteroatoms. The van der Waals surface area contributed by atoms with Gasteiger partial charge in [-0.3, -0.25) is 0 Å². The van der Waals surface area contributed by atoms with Crippen LogP contribution >= 0.6 is 0 Å². The minimum atomic E-state index is -4.84. The molecule has 86 valence electrons. The molecule has 0 aromatic heterocycles. The van der Waals surface area contributed by atoms with Crippen molar-refractivity contribution in [2.75, 3.05) is 5.32 Å². The summed E-state index contributed by atoms with van der Waals surface area (Å²) in [6.45, 7) is 0. The Hall–Kier alpha value is -1.98. The van der Waals surface area contributed by atoms with Crippen molar-refractivity contribution in [3.63, 3.8) is 0 Å². The maximum atomic E-state index is 10.9. The number of nitriles is 2. The zero-order valence-electron chi connectivity index (χ0n) is 8.53. The summed E-state index contributed by atoms with van der Waals surface area (Å²) in [4.78, 5) is 0. The van der Waals surface area contributed by atoms with Crippen LogP contribution in [0.4, 0.5) is 5.69 Å². The van der Waals surface area contributed by atoms with Crippen molar-refractivity contribution < 1.29 is 11.9 Å². The summed E-state index contributed by atoms with van der Waals surface area (Å²) in [6, 6.07) is 8.86. The number of rotatable bonds is 3. The average molecular weight is 293 g/mol. The third kappa shape index (κ3) is 3.82. The number of nitrogens with one attached hydrogen (secondary N) is 1. The van der Waals surface area contributed by atoms with E-state index in [2.05, 4.69) is 5.32 Å². The zero-order valence-corrected chi connectivity index (χ0v) is 10.4. The Morgan fingerprint density at radius 3 is 2.18 bits per heavy atom. The van der Waals surface area contributed by atoms with Gasteiger partial charge in [0.2, 0.25) is 0 Å². The van der Waals surface area contributed by atoms with E-state index in [-0.39, 0.29) is 9.92 Å². The van der Waals surface area contributed by atoms with Gasteiger partial charge in [0, 0.05) is 0 Å². The Morgan fingerprint density at radius 1 is 1.24 bits per heavy atom. The van der Waals surface area contributed by atoms with Crippen molar-refractivity contribution in [2.45, 2.75) is 0 Å². The average Bonchev–Trinajstić information content (AvgIpc) is 2.30. The van der Waals surface area contributed by atoms with Crippen LogP contribution in [0.1, 0.15) is 0 Å². The topological polar surface area (TPSA) is 117 Å². The van der Waals surface area contributed by atoms with Gasteiger partial charge in [-0.15, -0.1) is 0 Å². The molecular formula is C10H8AsN3O3. The number of anilines is 1. The first-order valence-electron chi connectivity index (χ1n) is 4.40. The van der Waals surface area contributed by atoms with E-state index in [1.54, 1.807) is 12.1 Å². The predicted molar refractivity (Wildman–Crippen MR) is 59.9 cm³/mol. The van der Waals surface area contributed by atoms with Crippen LogP contribution in [0.5, 0.6) is 0 Å². The van der Waals surface area contributed by atoms with Crippen molar-refractivity contribution in [2.24, 2.45) is 0 Å². The molecule has 1 rings (SSSR count). The van der Waals surface area contributed by atoms with Crippen LogP contribution < -0.4 is 9.67 Å². The molecule has 0 fully saturated rings. The molecule has 3 N–H and O–H groups in total. The van der Waals surface area contributed by atoms with E-state index < -0.39 is 14.2 Å². The second-order valence-electron chi connectivity index (χ2n) is 3.02. The molecule has 0 saturated heterocycles. The van der Waals surface area contributed by atoms with Crippen LogP contribution in [-0.2, 0) is 3.74 Å². The van der Waals surface area contributed by atoms with Gasteiger partial charge in [0.1, 0.15) is 0 Å². The van der Waals surface area contributed by atoms with Gasteiger partial charge in [0.15, 0.2) is 0 Å². The van der Waals surface area contributed by atoms with Crippen molar-refractivity contribution in [3.05, 3.63) is 36.0 Å². The Balaban J connectivity index is 2.85.